The van der Waals surface area contributed by atoms with Crippen molar-refractivity contribution in [2.75, 3.05) is 0 Å². The van der Waals surface area contributed by atoms with Gasteiger partial charge >= 0.3 is 7.12 Å². The second-order valence-corrected chi connectivity index (χ2v) is 3.29. The molecule has 2 aromatic rings. The number of nitrogens with zero attached hydrogens (tertiary/aromatic N) is 1. The summed E-state index contributed by atoms with van der Waals surface area (Å²) >= 11 is 0. The van der Waals surface area contributed by atoms with Gasteiger partial charge in [0.15, 0.2) is 0 Å². The second kappa shape index (κ2) is 3.92. The van der Waals surface area contributed by atoms with Crippen LogP contribution >= 0.6 is 0 Å². The van der Waals surface area contributed by atoms with Crippen LogP contribution in [-0.2, 0) is 0 Å². The van der Waals surface area contributed by atoms with Gasteiger partial charge in [-0.1, -0.05) is 24.3 Å². The Morgan fingerprint density at radius 3 is 2.50 bits per heavy atom. The zero-order valence-electron chi connectivity index (χ0n) is 9.12. The number of fused-ring (bicyclic) bond motifs is 1. The molecule has 0 saturated heterocycles. The van der Waals surface area contributed by atoms with Crippen LogP contribution in [-0.4, -0.2) is 22.1 Å². The molecule has 2 rings (SSSR count). The average Bonchev–Trinajstić information content (AvgIpc) is 2.28. The Bertz CT molecular complexity index is 602. The molecule has 0 fully saturated rings. The molecule has 0 aliphatic carbocycles. The maximum absolute atomic E-state index is 10.9. The van der Waals surface area contributed by atoms with Gasteiger partial charge in [0.25, 0.3) is 5.69 Å². The van der Waals surface area contributed by atoms with Crippen LogP contribution in [0.15, 0.2) is 36.4 Å². The van der Waals surface area contributed by atoms with Crippen molar-refractivity contribution in [2.24, 2.45) is 0 Å². The molecule has 0 unspecified atom stereocenters. The Hall–Kier alpha value is -1.92. The molecule has 0 aliphatic rings. The van der Waals surface area contributed by atoms with E-state index in [9.17, 15) is 10.1 Å². The number of nitro groups is 1. The molecule has 0 atom stereocenters. The van der Waals surface area contributed by atoms with Crippen LogP contribution in [0, 0.1) is 10.1 Å². The lowest BCUT2D eigenvalue weighted by molar-refractivity contribution is -0.383. The van der Waals surface area contributed by atoms with Crippen molar-refractivity contribution in [1.82, 2.24) is 0 Å². The van der Waals surface area contributed by atoms with Crippen LogP contribution in [0.5, 0.6) is 0 Å². The Labute approximate surface area is 92.7 Å². The van der Waals surface area contributed by atoms with Crippen molar-refractivity contribution in [3.63, 3.8) is 0 Å². The second-order valence-electron chi connectivity index (χ2n) is 3.29. The first-order chi connectivity index (χ1) is 8.02. The SMILES string of the molecule is [2H]c1c([N+](=O)[O-])c(B(O)O)cc2ccccc12. The van der Waals surface area contributed by atoms with Gasteiger partial charge in [-0.25, -0.2) is 0 Å². The van der Waals surface area contributed by atoms with Gasteiger partial charge in [-0.15, -0.1) is 0 Å². The molecule has 0 aliphatic heterocycles. The third-order valence-corrected chi connectivity index (χ3v) is 2.26. The summed E-state index contributed by atoms with van der Waals surface area (Å²) < 4.78 is 7.74. The fraction of sp³-hybridized carbons (Fsp3) is 0. The van der Waals surface area contributed by atoms with E-state index in [4.69, 9.17) is 11.4 Å². The first-order valence-electron chi connectivity index (χ1n) is 5.05. The summed E-state index contributed by atoms with van der Waals surface area (Å²) in [5, 5.41) is 30.0. The molecule has 0 amide bonds. The maximum atomic E-state index is 10.9. The molecule has 6 heteroatoms. The number of benzene rings is 2. The van der Waals surface area contributed by atoms with Gasteiger partial charge < -0.3 is 10.0 Å². The monoisotopic (exact) mass is 218 g/mol. The summed E-state index contributed by atoms with van der Waals surface area (Å²) in [6, 6.07) is 7.62. The lowest BCUT2D eigenvalue weighted by Gasteiger charge is -2.04. The van der Waals surface area contributed by atoms with E-state index in [2.05, 4.69) is 0 Å². The van der Waals surface area contributed by atoms with E-state index in [0.29, 0.717) is 10.8 Å². The van der Waals surface area contributed by atoms with Crippen LogP contribution in [0.2, 0.25) is 0 Å². The zero-order valence-corrected chi connectivity index (χ0v) is 8.12. The molecule has 2 aromatic carbocycles. The number of nitro benzene ring substituents is 1. The topological polar surface area (TPSA) is 83.6 Å². The Morgan fingerprint density at radius 1 is 1.31 bits per heavy atom. The minimum Gasteiger partial charge on any atom is -0.423 e. The molecule has 0 spiro atoms. The van der Waals surface area contributed by atoms with Gasteiger partial charge in [0, 0.05) is 6.04 Å². The summed E-state index contributed by atoms with van der Waals surface area (Å²) in [5.74, 6) is 0. The highest BCUT2D eigenvalue weighted by molar-refractivity contribution is 6.60. The Kier molecular flexibility index (Phi) is 2.28. The highest BCUT2D eigenvalue weighted by Gasteiger charge is 2.24. The summed E-state index contributed by atoms with van der Waals surface area (Å²) in [5.41, 5.74) is -0.836. The minimum atomic E-state index is -1.97. The maximum Gasteiger partial charge on any atom is 0.495 e. The highest BCUT2D eigenvalue weighted by Crippen LogP contribution is 2.19. The fourth-order valence-electron chi connectivity index (χ4n) is 1.52. The lowest BCUT2D eigenvalue weighted by Crippen LogP contribution is -2.31. The van der Waals surface area contributed by atoms with Gasteiger partial charge in [0.1, 0.15) is 0 Å². The summed E-state index contributed by atoms with van der Waals surface area (Å²) in [6.45, 7) is 0. The molecule has 5 nitrogen and oxygen atoms in total. The molecular weight excluding hydrogens is 209 g/mol. The van der Waals surface area contributed by atoms with E-state index in [1.165, 1.54) is 6.07 Å². The number of rotatable bonds is 2. The number of hydrogen-bond donors (Lipinski definition) is 2. The van der Waals surface area contributed by atoms with Crippen molar-refractivity contribution < 1.29 is 16.3 Å². The van der Waals surface area contributed by atoms with Crippen LogP contribution < -0.4 is 5.46 Å². The molecule has 0 radical (unpaired) electrons. The van der Waals surface area contributed by atoms with E-state index in [-0.39, 0.29) is 11.5 Å². The smallest absolute Gasteiger partial charge is 0.423 e. The third kappa shape index (κ3) is 1.76. The predicted octanol–water partition coefficient (Wildman–Crippen LogP) is 0.428. The molecular formula is C10H8BNO4. The lowest BCUT2D eigenvalue weighted by atomic mass is 9.78. The van der Waals surface area contributed by atoms with Crippen LogP contribution in [0.1, 0.15) is 1.37 Å². The summed E-state index contributed by atoms with van der Waals surface area (Å²) in [6.07, 6.45) is 0. The standard InChI is InChI=1S/C10H8BNO4/c13-11(14)9-5-7-3-1-2-4-8(7)6-10(9)12(15)16/h1-6,13-14H/i6D. The quantitative estimate of drug-likeness (QED) is 0.434. The van der Waals surface area contributed by atoms with Crippen LogP contribution in [0.25, 0.3) is 10.8 Å². The van der Waals surface area contributed by atoms with E-state index in [1.54, 1.807) is 24.3 Å². The van der Waals surface area contributed by atoms with Crippen molar-refractivity contribution in [1.29, 1.82) is 0 Å². The molecule has 0 aromatic heterocycles. The molecule has 16 heavy (non-hydrogen) atoms. The largest absolute Gasteiger partial charge is 0.495 e. The molecule has 0 bridgehead atoms. The fourth-order valence-corrected chi connectivity index (χ4v) is 1.52. The molecule has 0 heterocycles. The molecule has 2 N–H and O–H groups in total. The number of hydrogen-bond acceptors (Lipinski definition) is 4. The van der Waals surface area contributed by atoms with Gasteiger partial charge in [-0.05, 0) is 16.8 Å². The van der Waals surface area contributed by atoms with Crippen LogP contribution in [0.3, 0.4) is 0 Å². The predicted molar refractivity (Wildman–Crippen MR) is 60.4 cm³/mol. The van der Waals surface area contributed by atoms with Crippen molar-refractivity contribution in [3.8, 4) is 0 Å². The zero-order chi connectivity index (χ0) is 12.6. The van der Waals surface area contributed by atoms with Gasteiger partial charge in [0.05, 0.1) is 11.8 Å². The van der Waals surface area contributed by atoms with Gasteiger partial charge in [-0.2, -0.15) is 0 Å². The van der Waals surface area contributed by atoms with Gasteiger partial charge in [-0.3, -0.25) is 10.1 Å². The van der Waals surface area contributed by atoms with E-state index in [0.717, 1.165) is 0 Å². The van der Waals surface area contributed by atoms with Crippen LogP contribution in [0.4, 0.5) is 5.69 Å². The van der Waals surface area contributed by atoms with Crippen molar-refractivity contribution >= 4 is 29.0 Å². The normalized spacial score (nSPS) is 11.2. The first-order valence-corrected chi connectivity index (χ1v) is 4.55. The van der Waals surface area contributed by atoms with E-state index >= 15 is 0 Å². The van der Waals surface area contributed by atoms with Crippen molar-refractivity contribution in [3.05, 3.63) is 46.5 Å². The average molecular weight is 218 g/mol. The molecule has 80 valence electrons. The first kappa shape index (κ1) is 9.32. The third-order valence-electron chi connectivity index (χ3n) is 2.26. The molecule has 0 saturated carbocycles. The summed E-state index contributed by atoms with van der Waals surface area (Å²) in [7, 11) is -1.97. The Balaban J connectivity index is 2.89. The van der Waals surface area contributed by atoms with Gasteiger partial charge in [0.2, 0.25) is 0 Å². The van der Waals surface area contributed by atoms with Crippen molar-refractivity contribution in [2.45, 2.75) is 0 Å². The van der Waals surface area contributed by atoms with E-state index < -0.39 is 17.7 Å². The van der Waals surface area contributed by atoms with E-state index in [1.807, 2.05) is 0 Å². The summed E-state index contributed by atoms with van der Waals surface area (Å²) in [4.78, 5) is 10.1. The highest BCUT2D eigenvalue weighted by atomic mass is 16.6. The Morgan fingerprint density at radius 2 is 1.94 bits per heavy atom. The minimum absolute atomic E-state index is 0.265.